The lowest BCUT2D eigenvalue weighted by Crippen LogP contribution is -2.31. The van der Waals surface area contributed by atoms with Gasteiger partial charge < -0.3 is 14.9 Å². The molecule has 0 saturated heterocycles. The Kier molecular flexibility index (Phi) is 4.93. The molecule has 0 fully saturated rings. The number of hydrogen-bond acceptors (Lipinski definition) is 4. The quantitative estimate of drug-likeness (QED) is 0.854. The van der Waals surface area contributed by atoms with E-state index in [-0.39, 0.29) is 18.2 Å². The summed E-state index contributed by atoms with van der Waals surface area (Å²) in [5.74, 6) is -1.50. The van der Waals surface area contributed by atoms with E-state index >= 15 is 0 Å². The standard InChI is InChI=1S/C16H18N2O4/c1-10(2)14-8-13(18-22-14)15(19)17-9-12(16(20)21)11-6-4-3-5-7-11/h3-8,10,12H,9H2,1-2H3,(H,17,19)(H,20,21). The predicted octanol–water partition coefficient (Wildman–Crippen LogP) is 2.40. The molecule has 1 atom stereocenters. The van der Waals surface area contributed by atoms with Crippen LogP contribution in [0.1, 0.15) is 47.5 Å². The van der Waals surface area contributed by atoms with Crippen molar-refractivity contribution in [2.45, 2.75) is 25.7 Å². The summed E-state index contributed by atoms with van der Waals surface area (Å²) in [6.45, 7) is 3.85. The molecule has 22 heavy (non-hydrogen) atoms. The number of carbonyl (C=O) groups is 2. The number of hydrogen-bond donors (Lipinski definition) is 2. The van der Waals surface area contributed by atoms with E-state index in [1.165, 1.54) is 0 Å². The molecule has 0 spiro atoms. The molecule has 0 aliphatic carbocycles. The molecule has 6 heteroatoms. The van der Waals surface area contributed by atoms with Gasteiger partial charge in [0.25, 0.3) is 5.91 Å². The second kappa shape index (κ2) is 6.89. The molecule has 2 rings (SSSR count). The minimum Gasteiger partial charge on any atom is -0.481 e. The summed E-state index contributed by atoms with van der Waals surface area (Å²) in [6.07, 6.45) is 0. The molecule has 2 N–H and O–H groups in total. The van der Waals surface area contributed by atoms with E-state index in [9.17, 15) is 14.7 Å². The average Bonchev–Trinajstić information content (AvgIpc) is 2.98. The molecule has 0 radical (unpaired) electrons. The van der Waals surface area contributed by atoms with Gasteiger partial charge in [0.1, 0.15) is 5.76 Å². The number of nitrogens with one attached hydrogen (secondary N) is 1. The van der Waals surface area contributed by atoms with Crippen molar-refractivity contribution in [2.24, 2.45) is 0 Å². The lowest BCUT2D eigenvalue weighted by atomic mass is 9.99. The summed E-state index contributed by atoms with van der Waals surface area (Å²) in [5, 5.41) is 15.6. The molecule has 2 aromatic rings. The van der Waals surface area contributed by atoms with Gasteiger partial charge in [0.05, 0.1) is 5.92 Å². The van der Waals surface area contributed by atoms with E-state index in [1.807, 2.05) is 19.9 Å². The number of nitrogens with zero attached hydrogens (tertiary/aromatic N) is 1. The molecule has 116 valence electrons. The first kappa shape index (κ1) is 15.8. The minimum atomic E-state index is -0.991. The van der Waals surface area contributed by atoms with Crippen molar-refractivity contribution in [3.63, 3.8) is 0 Å². The van der Waals surface area contributed by atoms with Crippen LogP contribution in [0, 0.1) is 0 Å². The predicted molar refractivity (Wildman–Crippen MR) is 79.7 cm³/mol. The largest absolute Gasteiger partial charge is 0.481 e. The highest BCUT2D eigenvalue weighted by Gasteiger charge is 2.22. The van der Waals surface area contributed by atoms with Crippen LogP contribution in [0.15, 0.2) is 40.9 Å². The van der Waals surface area contributed by atoms with E-state index < -0.39 is 17.8 Å². The summed E-state index contributed by atoms with van der Waals surface area (Å²) in [7, 11) is 0. The van der Waals surface area contributed by atoms with Crippen molar-refractivity contribution in [3.05, 3.63) is 53.4 Å². The molecular formula is C16H18N2O4. The number of carboxylic acids is 1. The fourth-order valence-electron chi connectivity index (χ4n) is 1.99. The van der Waals surface area contributed by atoms with Gasteiger partial charge in [0, 0.05) is 18.5 Å². The van der Waals surface area contributed by atoms with Gasteiger partial charge in [-0.3, -0.25) is 9.59 Å². The van der Waals surface area contributed by atoms with Crippen LogP contribution >= 0.6 is 0 Å². The molecular weight excluding hydrogens is 284 g/mol. The first-order chi connectivity index (χ1) is 10.5. The third kappa shape index (κ3) is 3.72. The van der Waals surface area contributed by atoms with Gasteiger partial charge in [-0.05, 0) is 5.56 Å². The molecule has 1 heterocycles. The Balaban J connectivity index is 2.03. The molecule has 1 amide bonds. The van der Waals surface area contributed by atoms with Gasteiger partial charge in [0.15, 0.2) is 5.69 Å². The Morgan fingerprint density at radius 2 is 1.95 bits per heavy atom. The van der Waals surface area contributed by atoms with Crippen LogP contribution in [0.25, 0.3) is 0 Å². The average molecular weight is 302 g/mol. The Hall–Kier alpha value is -2.63. The fraction of sp³-hybridized carbons (Fsp3) is 0.312. The maximum Gasteiger partial charge on any atom is 0.312 e. The van der Waals surface area contributed by atoms with Crippen LogP contribution in [-0.2, 0) is 4.79 Å². The maximum atomic E-state index is 12.0. The molecule has 0 aliphatic rings. The summed E-state index contributed by atoms with van der Waals surface area (Å²) in [4.78, 5) is 23.4. The number of rotatable bonds is 6. The zero-order valence-electron chi connectivity index (χ0n) is 12.4. The number of carbonyl (C=O) groups excluding carboxylic acids is 1. The number of carboxylic acid groups (broad SMARTS) is 1. The van der Waals surface area contributed by atoms with Crippen molar-refractivity contribution in [1.29, 1.82) is 0 Å². The second-order valence-electron chi connectivity index (χ2n) is 5.28. The Labute approximate surface area is 128 Å². The van der Waals surface area contributed by atoms with Crippen LogP contribution in [0.4, 0.5) is 0 Å². The monoisotopic (exact) mass is 302 g/mol. The van der Waals surface area contributed by atoms with Crippen LogP contribution in [-0.4, -0.2) is 28.7 Å². The van der Waals surface area contributed by atoms with Gasteiger partial charge >= 0.3 is 5.97 Å². The minimum absolute atomic E-state index is 0.0119. The molecule has 0 bridgehead atoms. The Bertz CT molecular complexity index is 649. The summed E-state index contributed by atoms with van der Waals surface area (Å²) < 4.78 is 5.06. The molecule has 1 aromatic carbocycles. The van der Waals surface area contributed by atoms with E-state index in [1.54, 1.807) is 30.3 Å². The molecule has 0 aliphatic heterocycles. The summed E-state index contributed by atoms with van der Waals surface area (Å²) >= 11 is 0. The maximum absolute atomic E-state index is 12.0. The number of amides is 1. The van der Waals surface area contributed by atoms with Gasteiger partial charge in [0.2, 0.25) is 0 Å². The van der Waals surface area contributed by atoms with E-state index in [4.69, 9.17) is 4.52 Å². The molecule has 1 aromatic heterocycles. The third-order valence-corrected chi connectivity index (χ3v) is 3.30. The second-order valence-corrected chi connectivity index (χ2v) is 5.28. The van der Waals surface area contributed by atoms with Crippen LogP contribution in [0.5, 0.6) is 0 Å². The highest BCUT2D eigenvalue weighted by molar-refractivity contribution is 5.92. The zero-order chi connectivity index (χ0) is 16.1. The lowest BCUT2D eigenvalue weighted by Gasteiger charge is -2.13. The normalized spacial score (nSPS) is 12.1. The Morgan fingerprint density at radius 1 is 1.27 bits per heavy atom. The van der Waals surface area contributed by atoms with Crippen molar-refractivity contribution in [3.8, 4) is 0 Å². The van der Waals surface area contributed by atoms with Crippen LogP contribution < -0.4 is 5.32 Å². The van der Waals surface area contributed by atoms with E-state index in [2.05, 4.69) is 10.5 Å². The topological polar surface area (TPSA) is 92.4 Å². The zero-order valence-corrected chi connectivity index (χ0v) is 12.4. The highest BCUT2D eigenvalue weighted by Crippen LogP contribution is 2.16. The highest BCUT2D eigenvalue weighted by atomic mass is 16.5. The van der Waals surface area contributed by atoms with Gasteiger partial charge in [-0.2, -0.15) is 0 Å². The SMILES string of the molecule is CC(C)c1cc(C(=O)NCC(C(=O)O)c2ccccc2)no1. The smallest absolute Gasteiger partial charge is 0.312 e. The first-order valence-electron chi connectivity index (χ1n) is 7.01. The number of benzene rings is 1. The molecule has 1 unspecified atom stereocenters. The number of aromatic nitrogens is 1. The van der Waals surface area contributed by atoms with Crippen molar-refractivity contribution >= 4 is 11.9 Å². The van der Waals surface area contributed by atoms with Gasteiger partial charge in [-0.25, -0.2) is 0 Å². The van der Waals surface area contributed by atoms with Gasteiger partial charge in [-0.1, -0.05) is 49.3 Å². The summed E-state index contributed by atoms with van der Waals surface area (Å²) in [5.41, 5.74) is 0.791. The van der Waals surface area contributed by atoms with E-state index in [0.717, 1.165) is 0 Å². The van der Waals surface area contributed by atoms with Crippen LogP contribution in [0.2, 0.25) is 0 Å². The molecule has 6 nitrogen and oxygen atoms in total. The van der Waals surface area contributed by atoms with Crippen molar-refractivity contribution < 1.29 is 19.2 Å². The lowest BCUT2D eigenvalue weighted by molar-refractivity contribution is -0.138. The molecule has 0 saturated carbocycles. The van der Waals surface area contributed by atoms with Crippen LogP contribution in [0.3, 0.4) is 0 Å². The first-order valence-corrected chi connectivity index (χ1v) is 7.01. The van der Waals surface area contributed by atoms with Crippen molar-refractivity contribution in [2.75, 3.05) is 6.54 Å². The van der Waals surface area contributed by atoms with E-state index in [0.29, 0.717) is 11.3 Å². The fourth-order valence-corrected chi connectivity index (χ4v) is 1.99. The summed E-state index contributed by atoms with van der Waals surface area (Å²) in [6, 6.07) is 10.3. The van der Waals surface area contributed by atoms with Gasteiger partial charge in [-0.15, -0.1) is 0 Å². The third-order valence-electron chi connectivity index (χ3n) is 3.30. The van der Waals surface area contributed by atoms with Crippen molar-refractivity contribution in [1.82, 2.24) is 10.5 Å². The Morgan fingerprint density at radius 3 is 2.50 bits per heavy atom. The number of aliphatic carboxylic acids is 1.